The van der Waals surface area contributed by atoms with Crippen LogP contribution in [0.3, 0.4) is 0 Å². The molecular weight excluding hydrogens is 324 g/mol. The molecule has 0 amide bonds. The van der Waals surface area contributed by atoms with Crippen molar-refractivity contribution in [3.8, 4) is 11.1 Å². The van der Waals surface area contributed by atoms with Crippen molar-refractivity contribution in [1.82, 2.24) is 0 Å². The van der Waals surface area contributed by atoms with E-state index in [4.69, 9.17) is 20.8 Å². The SMILES string of the molecule is COC(=O)c1ccccc1-c1ccc(Cl)c2c1oc1ccccc12. The monoisotopic (exact) mass is 336 g/mol. The lowest BCUT2D eigenvalue weighted by Gasteiger charge is -2.09. The molecule has 0 spiro atoms. The topological polar surface area (TPSA) is 39.4 Å². The van der Waals surface area contributed by atoms with Crippen molar-refractivity contribution in [1.29, 1.82) is 0 Å². The van der Waals surface area contributed by atoms with Gasteiger partial charge in [0.25, 0.3) is 0 Å². The van der Waals surface area contributed by atoms with Gasteiger partial charge in [-0.15, -0.1) is 0 Å². The zero-order chi connectivity index (χ0) is 16.7. The van der Waals surface area contributed by atoms with Crippen LogP contribution in [-0.2, 0) is 4.74 Å². The number of hydrogen-bond donors (Lipinski definition) is 0. The summed E-state index contributed by atoms with van der Waals surface area (Å²) in [6, 6.07) is 18.7. The summed E-state index contributed by atoms with van der Waals surface area (Å²) in [5, 5.41) is 2.42. The molecule has 0 saturated heterocycles. The van der Waals surface area contributed by atoms with E-state index in [0.717, 1.165) is 27.5 Å². The first-order valence-electron chi connectivity index (χ1n) is 7.48. The highest BCUT2D eigenvalue weighted by molar-refractivity contribution is 6.38. The molecule has 0 aliphatic rings. The third-order valence-electron chi connectivity index (χ3n) is 4.10. The predicted octanol–water partition coefficient (Wildman–Crippen LogP) is 5.69. The summed E-state index contributed by atoms with van der Waals surface area (Å²) in [6.07, 6.45) is 0. The molecule has 24 heavy (non-hydrogen) atoms. The van der Waals surface area contributed by atoms with Crippen LogP contribution in [0, 0.1) is 0 Å². The van der Waals surface area contributed by atoms with Gasteiger partial charge in [-0.05, 0) is 29.8 Å². The molecule has 1 heterocycles. The fourth-order valence-corrected chi connectivity index (χ4v) is 3.26. The van der Waals surface area contributed by atoms with Crippen LogP contribution in [0.5, 0.6) is 0 Å². The number of ether oxygens (including phenoxy) is 1. The maximum atomic E-state index is 12.1. The van der Waals surface area contributed by atoms with Crippen molar-refractivity contribution in [3.63, 3.8) is 0 Å². The van der Waals surface area contributed by atoms with Crippen LogP contribution in [-0.4, -0.2) is 13.1 Å². The highest BCUT2D eigenvalue weighted by Gasteiger charge is 2.19. The predicted molar refractivity (Wildman–Crippen MR) is 95.5 cm³/mol. The molecule has 0 bridgehead atoms. The minimum Gasteiger partial charge on any atom is -0.465 e. The van der Waals surface area contributed by atoms with Crippen molar-refractivity contribution in [2.75, 3.05) is 7.11 Å². The first-order chi connectivity index (χ1) is 11.7. The molecule has 4 aromatic rings. The number of esters is 1. The van der Waals surface area contributed by atoms with Gasteiger partial charge in [0.2, 0.25) is 0 Å². The first-order valence-corrected chi connectivity index (χ1v) is 7.86. The molecule has 0 unspecified atom stereocenters. The fraction of sp³-hybridized carbons (Fsp3) is 0.0500. The summed E-state index contributed by atoms with van der Waals surface area (Å²) in [5.74, 6) is -0.384. The van der Waals surface area contributed by atoms with E-state index in [9.17, 15) is 4.79 Å². The van der Waals surface area contributed by atoms with E-state index in [-0.39, 0.29) is 5.97 Å². The van der Waals surface area contributed by atoms with Crippen molar-refractivity contribution >= 4 is 39.5 Å². The molecule has 0 saturated carbocycles. The van der Waals surface area contributed by atoms with Crippen LogP contribution >= 0.6 is 11.6 Å². The van der Waals surface area contributed by atoms with Gasteiger partial charge in [0.05, 0.1) is 17.7 Å². The summed E-state index contributed by atoms with van der Waals surface area (Å²) in [4.78, 5) is 12.1. The van der Waals surface area contributed by atoms with Crippen LogP contribution in [0.25, 0.3) is 33.1 Å². The summed E-state index contributed by atoms with van der Waals surface area (Å²) >= 11 is 6.41. The molecule has 3 nitrogen and oxygen atoms in total. The van der Waals surface area contributed by atoms with Gasteiger partial charge < -0.3 is 9.15 Å². The van der Waals surface area contributed by atoms with E-state index < -0.39 is 0 Å². The van der Waals surface area contributed by atoms with E-state index >= 15 is 0 Å². The van der Waals surface area contributed by atoms with E-state index in [2.05, 4.69) is 0 Å². The Balaban J connectivity index is 2.09. The molecule has 0 N–H and O–H groups in total. The lowest BCUT2D eigenvalue weighted by molar-refractivity contribution is 0.0601. The second-order valence-corrected chi connectivity index (χ2v) is 5.84. The maximum absolute atomic E-state index is 12.1. The zero-order valence-electron chi connectivity index (χ0n) is 12.9. The maximum Gasteiger partial charge on any atom is 0.338 e. The minimum atomic E-state index is -0.384. The van der Waals surface area contributed by atoms with Gasteiger partial charge in [-0.25, -0.2) is 4.79 Å². The Morgan fingerprint density at radius 1 is 0.958 bits per heavy atom. The number of hydrogen-bond acceptors (Lipinski definition) is 3. The molecular formula is C20H13ClO3. The van der Waals surface area contributed by atoms with Crippen LogP contribution in [0.4, 0.5) is 0 Å². The third kappa shape index (κ3) is 2.17. The smallest absolute Gasteiger partial charge is 0.338 e. The van der Waals surface area contributed by atoms with E-state index in [1.54, 1.807) is 6.07 Å². The van der Waals surface area contributed by atoms with Crippen LogP contribution in [0.15, 0.2) is 65.1 Å². The second kappa shape index (κ2) is 5.69. The third-order valence-corrected chi connectivity index (χ3v) is 4.41. The second-order valence-electron chi connectivity index (χ2n) is 5.43. The van der Waals surface area contributed by atoms with Gasteiger partial charge >= 0.3 is 5.97 Å². The average Bonchev–Trinajstić information content (AvgIpc) is 3.02. The van der Waals surface area contributed by atoms with Crippen molar-refractivity contribution < 1.29 is 13.9 Å². The first kappa shape index (κ1) is 14.8. The summed E-state index contributed by atoms with van der Waals surface area (Å²) in [7, 11) is 1.37. The van der Waals surface area contributed by atoms with Crippen LogP contribution in [0.2, 0.25) is 5.02 Å². The van der Waals surface area contributed by atoms with Gasteiger partial charge in [-0.3, -0.25) is 0 Å². The Kier molecular flexibility index (Phi) is 3.51. The molecule has 0 aliphatic carbocycles. The largest absolute Gasteiger partial charge is 0.465 e. The van der Waals surface area contributed by atoms with Gasteiger partial charge in [0, 0.05) is 16.3 Å². The van der Waals surface area contributed by atoms with E-state index in [1.807, 2.05) is 54.6 Å². The Morgan fingerprint density at radius 3 is 2.54 bits per heavy atom. The molecule has 0 aliphatic heterocycles. The fourth-order valence-electron chi connectivity index (χ4n) is 3.01. The quantitative estimate of drug-likeness (QED) is 0.441. The lowest BCUT2D eigenvalue weighted by atomic mass is 9.97. The average molecular weight is 337 g/mol. The van der Waals surface area contributed by atoms with E-state index in [1.165, 1.54) is 7.11 Å². The highest BCUT2D eigenvalue weighted by atomic mass is 35.5. The molecule has 118 valence electrons. The number of carbonyl (C=O) groups excluding carboxylic acids is 1. The zero-order valence-corrected chi connectivity index (χ0v) is 13.6. The number of furan rings is 1. The number of halogens is 1. The van der Waals surface area contributed by atoms with Gasteiger partial charge in [-0.2, -0.15) is 0 Å². The molecule has 1 aromatic heterocycles. The van der Waals surface area contributed by atoms with Crippen molar-refractivity contribution in [2.45, 2.75) is 0 Å². The highest BCUT2D eigenvalue weighted by Crippen LogP contribution is 2.40. The number of carbonyl (C=O) groups is 1. The molecule has 0 radical (unpaired) electrons. The Labute approximate surface area is 143 Å². The molecule has 0 fully saturated rings. The van der Waals surface area contributed by atoms with Crippen LogP contribution < -0.4 is 0 Å². The summed E-state index contributed by atoms with van der Waals surface area (Å²) in [6.45, 7) is 0. The van der Waals surface area contributed by atoms with Gasteiger partial charge in [0.15, 0.2) is 0 Å². The molecule has 3 aromatic carbocycles. The molecule has 4 rings (SSSR count). The number of methoxy groups -OCH3 is 1. The van der Waals surface area contributed by atoms with Crippen LogP contribution in [0.1, 0.15) is 10.4 Å². The summed E-state index contributed by atoms with van der Waals surface area (Å²) in [5.41, 5.74) is 3.48. The number of para-hydroxylation sites is 1. The Morgan fingerprint density at radius 2 is 1.71 bits per heavy atom. The normalized spacial score (nSPS) is 11.1. The minimum absolute atomic E-state index is 0.384. The molecule has 4 heteroatoms. The standard InChI is InChI=1S/C20H13ClO3/c1-23-20(22)14-7-3-2-6-12(14)13-10-11-16(21)18-15-8-4-5-9-17(15)24-19(13)18/h2-11H,1H3. The Bertz CT molecular complexity index is 1080. The van der Waals surface area contributed by atoms with Crippen molar-refractivity contribution in [3.05, 3.63) is 71.2 Å². The van der Waals surface area contributed by atoms with Crippen molar-refractivity contribution in [2.24, 2.45) is 0 Å². The van der Waals surface area contributed by atoms with Gasteiger partial charge in [-0.1, -0.05) is 48.0 Å². The lowest BCUT2D eigenvalue weighted by Crippen LogP contribution is -2.03. The molecule has 0 atom stereocenters. The Hall–Kier alpha value is -2.78. The summed E-state index contributed by atoms with van der Waals surface area (Å²) < 4.78 is 10.9. The van der Waals surface area contributed by atoms with E-state index in [0.29, 0.717) is 16.2 Å². The number of fused-ring (bicyclic) bond motifs is 3. The number of rotatable bonds is 2. The van der Waals surface area contributed by atoms with Gasteiger partial charge in [0.1, 0.15) is 11.2 Å². The number of benzene rings is 3.